The summed E-state index contributed by atoms with van der Waals surface area (Å²) in [4.78, 5) is 0. The van der Waals surface area contributed by atoms with Gasteiger partial charge in [0.05, 0.1) is 25.0 Å². The van der Waals surface area contributed by atoms with Crippen LogP contribution in [0.15, 0.2) is 42.5 Å². The predicted molar refractivity (Wildman–Crippen MR) is 82.6 cm³/mol. The number of hydrogen-bond acceptors (Lipinski definition) is 4. The summed E-state index contributed by atoms with van der Waals surface area (Å²) in [5.74, 6) is 1.43. The standard InChI is InChI=1S/C17H18N2O2/c1-3-21-16-7-5-4-6-15(16)19-12-13-8-9-14(11-18)17(10-13)20-2/h4-10,19H,3,12H2,1-2H3. The van der Waals surface area contributed by atoms with Crippen LogP contribution in [0, 0.1) is 11.3 Å². The minimum absolute atomic E-state index is 0.538. The number of nitrogens with one attached hydrogen (secondary N) is 1. The molecule has 0 aliphatic carbocycles. The number of anilines is 1. The topological polar surface area (TPSA) is 54.3 Å². The van der Waals surface area contributed by atoms with Crippen LogP contribution in [0.25, 0.3) is 0 Å². The van der Waals surface area contributed by atoms with Gasteiger partial charge in [-0.2, -0.15) is 5.26 Å². The molecule has 0 heterocycles. The van der Waals surface area contributed by atoms with E-state index in [1.165, 1.54) is 0 Å². The Morgan fingerprint density at radius 2 is 1.95 bits per heavy atom. The lowest BCUT2D eigenvalue weighted by Gasteiger charge is -2.13. The van der Waals surface area contributed by atoms with Crippen molar-refractivity contribution in [2.24, 2.45) is 0 Å². The van der Waals surface area contributed by atoms with Crippen LogP contribution in [0.1, 0.15) is 18.1 Å². The lowest BCUT2D eigenvalue weighted by Crippen LogP contribution is -2.03. The second-order valence-corrected chi connectivity index (χ2v) is 4.43. The summed E-state index contributed by atoms with van der Waals surface area (Å²) in [6.45, 7) is 3.22. The zero-order valence-corrected chi connectivity index (χ0v) is 12.2. The first kappa shape index (κ1) is 14.7. The molecule has 0 atom stereocenters. The van der Waals surface area contributed by atoms with Crippen molar-refractivity contribution in [2.75, 3.05) is 19.0 Å². The minimum Gasteiger partial charge on any atom is -0.495 e. The van der Waals surface area contributed by atoms with Crippen molar-refractivity contribution >= 4 is 5.69 Å². The SMILES string of the molecule is CCOc1ccccc1NCc1ccc(C#N)c(OC)c1. The van der Waals surface area contributed by atoms with Crippen LogP contribution in [-0.2, 0) is 6.54 Å². The highest BCUT2D eigenvalue weighted by atomic mass is 16.5. The normalized spacial score (nSPS) is 9.76. The fourth-order valence-corrected chi connectivity index (χ4v) is 2.03. The van der Waals surface area contributed by atoms with E-state index in [9.17, 15) is 0 Å². The van der Waals surface area contributed by atoms with E-state index < -0.39 is 0 Å². The number of nitriles is 1. The first-order valence-electron chi connectivity index (χ1n) is 6.81. The molecule has 0 bridgehead atoms. The molecule has 0 aliphatic heterocycles. The highest BCUT2D eigenvalue weighted by Gasteiger charge is 2.05. The summed E-state index contributed by atoms with van der Waals surface area (Å²) in [7, 11) is 1.57. The fourth-order valence-electron chi connectivity index (χ4n) is 2.03. The Morgan fingerprint density at radius 3 is 2.67 bits per heavy atom. The molecule has 0 radical (unpaired) electrons. The van der Waals surface area contributed by atoms with Gasteiger partial charge in [0.15, 0.2) is 0 Å². The van der Waals surface area contributed by atoms with Gasteiger partial charge in [0, 0.05) is 6.54 Å². The van der Waals surface area contributed by atoms with Gasteiger partial charge in [-0.05, 0) is 36.8 Å². The van der Waals surface area contributed by atoms with Gasteiger partial charge >= 0.3 is 0 Å². The van der Waals surface area contributed by atoms with Crippen LogP contribution >= 0.6 is 0 Å². The van der Waals surface area contributed by atoms with Crippen LogP contribution in [0.5, 0.6) is 11.5 Å². The van der Waals surface area contributed by atoms with Gasteiger partial charge in [0.25, 0.3) is 0 Å². The van der Waals surface area contributed by atoms with Gasteiger partial charge in [-0.1, -0.05) is 18.2 Å². The van der Waals surface area contributed by atoms with Gasteiger partial charge in [0.2, 0.25) is 0 Å². The van der Waals surface area contributed by atoms with Gasteiger partial charge in [-0.15, -0.1) is 0 Å². The van der Waals surface area contributed by atoms with Crippen LogP contribution in [0.4, 0.5) is 5.69 Å². The van der Waals surface area contributed by atoms with E-state index in [0.717, 1.165) is 17.0 Å². The molecule has 2 aromatic rings. The van der Waals surface area contributed by atoms with E-state index in [1.807, 2.05) is 43.3 Å². The average Bonchev–Trinajstić information content (AvgIpc) is 2.54. The Bertz CT molecular complexity index is 647. The molecule has 0 fully saturated rings. The minimum atomic E-state index is 0.538. The summed E-state index contributed by atoms with van der Waals surface area (Å²) >= 11 is 0. The first-order valence-corrected chi connectivity index (χ1v) is 6.81. The van der Waals surface area contributed by atoms with E-state index in [0.29, 0.717) is 24.5 Å². The number of ether oxygens (including phenoxy) is 2. The highest BCUT2D eigenvalue weighted by Crippen LogP contribution is 2.25. The Hall–Kier alpha value is -2.67. The summed E-state index contributed by atoms with van der Waals surface area (Å²) in [5.41, 5.74) is 2.52. The quantitative estimate of drug-likeness (QED) is 0.880. The molecule has 0 saturated heterocycles. The molecule has 0 unspecified atom stereocenters. The second-order valence-electron chi connectivity index (χ2n) is 4.43. The predicted octanol–water partition coefficient (Wildman–Crippen LogP) is 3.58. The summed E-state index contributed by atoms with van der Waals surface area (Å²) in [6, 6.07) is 15.5. The van der Waals surface area contributed by atoms with Gasteiger partial charge in [0.1, 0.15) is 17.6 Å². The Kier molecular flexibility index (Phi) is 5.05. The van der Waals surface area contributed by atoms with E-state index in [4.69, 9.17) is 14.7 Å². The third-order valence-corrected chi connectivity index (χ3v) is 3.06. The van der Waals surface area contributed by atoms with Crippen molar-refractivity contribution in [2.45, 2.75) is 13.5 Å². The van der Waals surface area contributed by atoms with Crippen molar-refractivity contribution in [1.82, 2.24) is 0 Å². The summed E-state index contributed by atoms with van der Waals surface area (Å²) in [5, 5.41) is 12.3. The largest absolute Gasteiger partial charge is 0.495 e. The second kappa shape index (κ2) is 7.20. The van der Waals surface area contributed by atoms with E-state index in [2.05, 4.69) is 11.4 Å². The maximum atomic E-state index is 8.98. The number of nitrogens with zero attached hydrogens (tertiary/aromatic N) is 1. The molecule has 2 aromatic carbocycles. The number of para-hydroxylation sites is 2. The molecule has 1 N–H and O–H groups in total. The maximum absolute atomic E-state index is 8.98. The lowest BCUT2D eigenvalue weighted by molar-refractivity contribution is 0.341. The van der Waals surface area contributed by atoms with Crippen molar-refractivity contribution < 1.29 is 9.47 Å². The molecule has 4 nitrogen and oxygen atoms in total. The molecule has 0 spiro atoms. The summed E-state index contributed by atoms with van der Waals surface area (Å²) in [6.07, 6.45) is 0. The molecule has 108 valence electrons. The van der Waals surface area contributed by atoms with E-state index in [1.54, 1.807) is 13.2 Å². The zero-order valence-electron chi connectivity index (χ0n) is 12.2. The van der Waals surface area contributed by atoms with Crippen molar-refractivity contribution in [1.29, 1.82) is 5.26 Å². The van der Waals surface area contributed by atoms with Crippen molar-refractivity contribution in [3.8, 4) is 17.6 Å². The third-order valence-electron chi connectivity index (χ3n) is 3.06. The molecule has 0 aromatic heterocycles. The molecule has 0 amide bonds. The Balaban J connectivity index is 2.12. The smallest absolute Gasteiger partial charge is 0.142 e. The van der Waals surface area contributed by atoms with E-state index in [-0.39, 0.29) is 0 Å². The van der Waals surface area contributed by atoms with Crippen LogP contribution in [0.3, 0.4) is 0 Å². The van der Waals surface area contributed by atoms with Gasteiger partial charge in [-0.25, -0.2) is 0 Å². The Labute approximate surface area is 124 Å². The highest BCUT2D eigenvalue weighted by molar-refractivity contribution is 5.56. The third kappa shape index (κ3) is 3.67. The van der Waals surface area contributed by atoms with Crippen LogP contribution in [0.2, 0.25) is 0 Å². The van der Waals surface area contributed by atoms with Crippen LogP contribution < -0.4 is 14.8 Å². The average molecular weight is 282 g/mol. The summed E-state index contributed by atoms with van der Waals surface area (Å²) < 4.78 is 10.8. The van der Waals surface area contributed by atoms with Crippen LogP contribution in [-0.4, -0.2) is 13.7 Å². The molecule has 0 saturated carbocycles. The van der Waals surface area contributed by atoms with Crippen molar-refractivity contribution in [3.63, 3.8) is 0 Å². The lowest BCUT2D eigenvalue weighted by atomic mass is 10.1. The molecule has 0 aliphatic rings. The van der Waals surface area contributed by atoms with E-state index >= 15 is 0 Å². The molecule has 21 heavy (non-hydrogen) atoms. The number of methoxy groups -OCH3 is 1. The monoisotopic (exact) mass is 282 g/mol. The first-order chi connectivity index (χ1) is 10.3. The Morgan fingerprint density at radius 1 is 1.14 bits per heavy atom. The molecule has 4 heteroatoms. The molecular formula is C17H18N2O2. The van der Waals surface area contributed by atoms with Gasteiger partial charge in [-0.3, -0.25) is 0 Å². The zero-order chi connectivity index (χ0) is 15.1. The van der Waals surface area contributed by atoms with Gasteiger partial charge < -0.3 is 14.8 Å². The van der Waals surface area contributed by atoms with Crippen molar-refractivity contribution in [3.05, 3.63) is 53.6 Å². The molecule has 2 rings (SSSR count). The maximum Gasteiger partial charge on any atom is 0.142 e. The fraction of sp³-hybridized carbons (Fsp3) is 0.235. The number of rotatable bonds is 6. The number of hydrogen-bond donors (Lipinski definition) is 1. The molecular weight excluding hydrogens is 264 g/mol. The number of benzene rings is 2.